The molecule has 41 heavy (non-hydrogen) atoms. The highest BCUT2D eigenvalue weighted by Gasteiger charge is 2.39. The third kappa shape index (κ3) is 6.51. The van der Waals surface area contributed by atoms with Gasteiger partial charge in [-0.25, -0.2) is 4.79 Å². The zero-order valence-corrected chi connectivity index (χ0v) is 22.6. The molecule has 6 N–H and O–H groups in total. The fourth-order valence-electron chi connectivity index (χ4n) is 5.74. The van der Waals surface area contributed by atoms with Crippen LogP contribution in [0.2, 0.25) is 0 Å². The number of hydrogen-bond donors (Lipinski definition) is 6. The number of fused-ring (bicyclic) bond motifs is 1. The molecule has 0 spiro atoms. The molecule has 4 unspecified atom stereocenters. The second-order valence-electron chi connectivity index (χ2n) is 10.7. The number of para-hydroxylation sites is 1. The molecule has 3 aromatic rings. The fraction of sp³-hybridized carbons (Fsp3) is 0.400. The van der Waals surface area contributed by atoms with E-state index >= 15 is 0 Å². The van der Waals surface area contributed by atoms with E-state index in [2.05, 4.69) is 20.9 Å². The molecule has 2 fully saturated rings. The van der Waals surface area contributed by atoms with Gasteiger partial charge in [-0.2, -0.15) is 0 Å². The molecule has 5 rings (SSSR count). The number of amides is 3. The van der Waals surface area contributed by atoms with Gasteiger partial charge in [0, 0.05) is 36.5 Å². The molecule has 11 heteroatoms. The van der Waals surface area contributed by atoms with Crippen LogP contribution in [-0.4, -0.2) is 81.0 Å². The lowest BCUT2D eigenvalue weighted by atomic mass is 10.0. The summed E-state index contributed by atoms with van der Waals surface area (Å²) in [6.45, 7) is 1.23. The molecule has 0 bridgehead atoms. The van der Waals surface area contributed by atoms with Crippen LogP contribution in [-0.2, 0) is 32.0 Å². The number of aromatic amines is 1. The van der Waals surface area contributed by atoms with Crippen LogP contribution in [0.5, 0.6) is 5.75 Å². The number of H-pyrrole nitrogens is 1. The van der Waals surface area contributed by atoms with E-state index in [-0.39, 0.29) is 30.5 Å². The van der Waals surface area contributed by atoms with Crippen molar-refractivity contribution >= 4 is 34.6 Å². The van der Waals surface area contributed by atoms with Crippen molar-refractivity contribution in [1.82, 2.24) is 25.8 Å². The number of carbonyl (C=O) groups is 4. The molecule has 2 aliphatic heterocycles. The first-order valence-electron chi connectivity index (χ1n) is 14.0. The lowest BCUT2D eigenvalue weighted by Crippen LogP contribution is -2.57. The van der Waals surface area contributed by atoms with Crippen LogP contribution in [0.4, 0.5) is 0 Å². The summed E-state index contributed by atoms with van der Waals surface area (Å²) >= 11 is 0. The van der Waals surface area contributed by atoms with Gasteiger partial charge in [-0.1, -0.05) is 30.3 Å². The van der Waals surface area contributed by atoms with Crippen molar-refractivity contribution in [3.05, 3.63) is 65.9 Å². The highest BCUT2D eigenvalue weighted by Crippen LogP contribution is 2.22. The van der Waals surface area contributed by atoms with Gasteiger partial charge in [0.05, 0.1) is 6.04 Å². The lowest BCUT2D eigenvalue weighted by Gasteiger charge is -2.28. The molecule has 4 atom stereocenters. The second-order valence-corrected chi connectivity index (χ2v) is 10.7. The quantitative estimate of drug-likeness (QED) is 0.218. The minimum Gasteiger partial charge on any atom is -0.508 e. The van der Waals surface area contributed by atoms with Crippen molar-refractivity contribution in [2.75, 3.05) is 13.1 Å². The van der Waals surface area contributed by atoms with Gasteiger partial charge in [-0.05, 0) is 61.6 Å². The van der Waals surface area contributed by atoms with Gasteiger partial charge in [0.2, 0.25) is 17.7 Å². The highest BCUT2D eigenvalue weighted by atomic mass is 16.4. The zero-order chi connectivity index (χ0) is 28.9. The monoisotopic (exact) mass is 561 g/mol. The maximum absolute atomic E-state index is 13.6. The van der Waals surface area contributed by atoms with Gasteiger partial charge >= 0.3 is 5.97 Å². The minimum atomic E-state index is -1.24. The summed E-state index contributed by atoms with van der Waals surface area (Å²) in [7, 11) is 0. The first-order valence-corrected chi connectivity index (χ1v) is 14.0. The van der Waals surface area contributed by atoms with Crippen LogP contribution in [0, 0.1) is 0 Å². The standard InChI is InChI=1S/C30H35N5O6/c36-20-11-9-18(10-12-20)15-24(33-28(38)26-8-4-14-35(26)29(39)23-7-3-13-31-23)27(37)34-25(30(40)41)16-19-17-32-22-6-2-1-5-21(19)22/h1-2,5-6,9-12,17,23-26,31-32,36H,3-4,7-8,13-16H2,(H,33,38)(H,34,37)(H,40,41). The molecule has 2 aromatic carbocycles. The van der Waals surface area contributed by atoms with E-state index in [4.69, 9.17) is 0 Å². The molecular formula is C30H35N5O6. The van der Waals surface area contributed by atoms with Crippen LogP contribution >= 0.6 is 0 Å². The van der Waals surface area contributed by atoms with E-state index in [0.717, 1.165) is 35.9 Å². The van der Waals surface area contributed by atoms with Gasteiger partial charge in [0.1, 0.15) is 23.9 Å². The Bertz CT molecular complexity index is 1410. The fourth-order valence-corrected chi connectivity index (χ4v) is 5.74. The Morgan fingerprint density at radius 2 is 1.73 bits per heavy atom. The number of hydrogen-bond acceptors (Lipinski definition) is 6. The van der Waals surface area contributed by atoms with Crippen molar-refractivity contribution in [3.8, 4) is 5.75 Å². The first-order chi connectivity index (χ1) is 19.8. The number of rotatable bonds is 10. The van der Waals surface area contributed by atoms with E-state index in [1.807, 2.05) is 24.3 Å². The number of aromatic hydroxyl groups is 1. The Hall–Kier alpha value is -4.38. The second kappa shape index (κ2) is 12.4. The van der Waals surface area contributed by atoms with E-state index in [9.17, 15) is 29.4 Å². The van der Waals surface area contributed by atoms with Gasteiger partial charge in [-0.15, -0.1) is 0 Å². The third-order valence-electron chi connectivity index (χ3n) is 7.92. The van der Waals surface area contributed by atoms with E-state index in [1.54, 1.807) is 23.2 Å². The topological polar surface area (TPSA) is 164 Å². The molecule has 2 saturated heterocycles. The number of carboxylic acid groups (broad SMARTS) is 1. The molecule has 0 aliphatic carbocycles. The lowest BCUT2D eigenvalue weighted by molar-refractivity contribution is -0.143. The Kier molecular flexibility index (Phi) is 8.53. The smallest absolute Gasteiger partial charge is 0.326 e. The van der Waals surface area contributed by atoms with E-state index in [1.165, 1.54) is 12.1 Å². The highest BCUT2D eigenvalue weighted by molar-refractivity contribution is 5.95. The number of carbonyl (C=O) groups excluding carboxylic acids is 3. The van der Waals surface area contributed by atoms with Crippen LogP contribution in [0.25, 0.3) is 10.9 Å². The minimum absolute atomic E-state index is 0.0459. The Labute approximate surface area is 237 Å². The van der Waals surface area contributed by atoms with Crippen LogP contribution < -0.4 is 16.0 Å². The number of aromatic nitrogens is 1. The van der Waals surface area contributed by atoms with Crippen LogP contribution in [0.1, 0.15) is 36.8 Å². The van der Waals surface area contributed by atoms with Gasteiger partial charge in [0.15, 0.2) is 0 Å². The largest absolute Gasteiger partial charge is 0.508 e. The molecule has 3 heterocycles. The zero-order valence-electron chi connectivity index (χ0n) is 22.6. The van der Waals surface area contributed by atoms with Crippen molar-refractivity contribution in [3.63, 3.8) is 0 Å². The molecule has 2 aliphatic rings. The van der Waals surface area contributed by atoms with Gasteiger partial charge < -0.3 is 36.0 Å². The van der Waals surface area contributed by atoms with Gasteiger partial charge in [-0.3, -0.25) is 14.4 Å². The average molecular weight is 562 g/mol. The average Bonchev–Trinajstić information content (AvgIpc) is 3.75. The van der Waals surface area contributed by atoms with Crippen molar-refractivity contribution < 1.29 is 29.4 Å². The number of phenols is 1. The van der Waals surface area contributed by atoms with E-state index in [0.29, 0.717) is 24.9 Å². The summed E-state index contributed by atoms with van der Waals surface area (Å²) in [4.78, 5) is 57.0. The molecular weight excluding hydrogens is 526 g/mol. The molecule has 0 radical (unpaired) electrons. The van der Waals surface area contributed by atoms with Crippen molar-refractivity contribution in [1.29, 1.82) is 0 Å². The summed E-state index contributed by atoms with van der Waals surface area (Å²) in [5.41, 5.74) is 2.27. The summed E-state index contributed by atoms with van der Waals surface area (Å²) in [5, 5.41) is 29.1. The normalized spacial score (nSPS) is 20.0. The maximum atomic E-state index is 13.6. The molecule has 3 amide bonds. The van der Waals surface area contributed by atoms with E-state index < -0.39 is 35.9 Å². The number of likely N-dealkylation sites (tertiary alicyclic amines) is 1. The SMILES string of the molecule is O=C(O)C(Cc1c[nH]c2ccccc12)NC(=O)C(Cc1ccc(O)cc1)NC(=O)C1CCCN1C(=O)C1CCCN1. The number of aliphatic carboxylic acids is 1. The maximum Gasteiger partial charge on any atom is 0.326 e. The number of nitrogens with zero attached hydrogens (tertiary/aromatic N) is 1. The number of nitrogens with one attached hydrogen (secondary N) is 4. The Morgan fingerprint density at radius 1 is 0.951 bits per heavy atom. The summed E-state index contributed by atoms with van der Waals surface area (Å²) in [6, 6.07) is 10.4. The summed E-state index contributed by atoms with van der Waals surface area (Å²) in [6.07, 6.45) is 4.63. The van der Waals surface area contributed by atoms with Crippen LogP contribution in [0.15, 0.2) is 54.7 Å². The predicted octanol–water partition coefficient (Wildman–Crippen LogP) is 1.46. The first kappa shape index (κ1) is 28.2. The third-order valence-corrected chi connectivity index (χ3v) is 7.92. The molecule has 0 saturated carbocycles. The predicted molar refractivity (Wildman–Crippen MR) is 151 cm³/mol. The Balaban J connectivity index is 1.33. The van der Waals surface area contributed by atoms with Crippen molar-refractivity contribution in [2.45, 2.75) is 62.7 Å². The number of carboxylic acids is 1. The molecule has 216 valence electrons. The van der Waals surface area contributed by atoms with Crippen LogP contribution in [0.3, 0.4) is 0 Å². The summed E-state index contributed by atoms with van der Waals surface area (Å²) < 4.78 is 0. The molecule has 1 aromatic heterocycles. The number of phenolic OH excluding ortho intramolecular Hbond substituents is 1. The van der Waals surface area contributed by atoms with Gasteiger partial charge in [0.25, 0.3) is 0 Å². The van der Waals surface area contributed by atoms with Crippen molar-refractivity contribution in [2.24, 2.45) is 0 Å². The number of benzene rings is 2. The Morgan fingerprint density at radius 3 is 2.46 bits per heavy atom. The molecule has 11 nitrogen and oxygen atoms in total. The summed E-state index contributed by atoms with van der Waals surface area (Å²) in [5.74, 6) is -2.34.